The third kappa shape index (κ3) is 3.25. The number of rotatable bonds is 5. The van der Waals surface area contributed by atoms with Crippen molar-refractivity contribution in [2.45, 2.75) is 18.9 Å². The number of ether oxygens (including phenoxy) is 1. The number of hydrogen-bond acceptors (Lipinski definition) is 3. The predicted octanol–water partition coefficient (Wildman–Crippen LogP) is 4.47. The Bertz CT molecular complexity index is 1030. The molecule has 2 heterocycles. The van der Waals surface area contributed by atoms with Gasteiger partial charge in [0, 0.05) is 23.4 Å². The molecule has 1 amide bonds. The van der Waals surface area contributed by atoms with Gasteiger partial charge >= 0.3 is 0 Å². The van der Waals surface area contributed by atoms with E-state index in [1.54, 1.807) is 12.0 Å². The van der Waals surface area contributed by atoms with Gasteiger partial charge in [-0.1, -0.05) is 46.8 Å². The van der Waals surface area contributed by atoms with Gasteiger partial charge in [-0.15, -0.1) is 0 Å². The molecule has 1 aromatic heterocycles. The number of amides is 1. The maximum Gasteiger partial charge on any atom is 0.227 e. The van der Waals surface area contributed by atoms with Crippen LogP contribution in [0.25, 0.3) is 11.0 Å². The van der Waals surface area contributed by atoms with Gasteiger partial charge in [-0.3, -0.25) is 4.79 Å². The molecule has 0 radical (unpaired) electrons. The van der Waals surface area contributed by atoms with Crippen molar-refractivity contribution in [1.82, 2.24) is 9.55 Å². The number of hydrogen-bond donors (Lipinski definition) is 0. The van der Waals surface area contributed by atoms with Gasteiger partial charge in [0.1, 0.15) is 11.6 Å². The summed E-state index contributed by atoms with van der Waals surface area (Å²) in [5, 5.41) is 0. The SMILES string of the molecule is C=C(Br)Cn1c([C@H]2CC(=O)N(c3ccccc3OC)C2)nc2ccccc21. The van der Waals surface area contributed by atoms with Crippen molar-refractivity contribution in [3.63, 3.8) is 0 Å². The van der Waals surface area contributed by atoms with Crippen molar-refractivity contribution < 1.29 is 9.53 Å². The molecule has 1 fully saturated rings. The third-order valence-corrected chi connectivity index (χ3v) is 5.13. The van der Waals surface area contributed by atoms with Crippen molar-refractivity contribution in [2.24, 2.45) is 0 Å². The Morgan fingerprint density at radius 3 is 2.78 bits per heavy atom. The van der Waals surface area contributed by atoms with Gasteiger partial charge in [-0.25, -0.2) is 4.98 Å². The second-order valence-electron chi connectivity index (χ2n) is 6.64. The molecule has 1 saturated heterocycles. The van der Waals surface area contributed by atoms with Gasteiger partial charge < -0.3 is 14.2 Å². The number of aromatic nitrogens is 2. The number of methoxy groups -OCH3 is 1. The van der Waals surface area contributed by atoms with E-state index in [4.69, 9.17) is 9.72 Å². The number of benzene rings is 2. The van der Waals surface area contributed by atoms with Crippen LogP contribution in [0.3, 0.4) is 0 Å². The topological polar surface area (TPSA) is 47.4 Å². The molecule has 1 atom stereocenters. The summed E-state index contributed by atoms with van der Waals surface area (Å²) in [5.74, 6) is 1.72. The van der Waals surface area contributed by atoms with E-state index in [9.17, 15) is 4.79 Å². The van der Waals surface area contributed by atoms with E-state index in [1.165, 1.54) is 0 Å². The van der Waals surface area contributed by atoms with E-state index >= 15 is 0 Å². The van der Waals surface area contributed by atoms with Crippen molar-refractivity contribution in [1.29, 1.82) is 0 Å². The first-order valence-corrected chi connectivity index (χ1v) is 9.59. The fourth-order valence-corrected chi connectivity index (χ4v) is 3.96. The quantitative estimate of drug-likeness (QED) is 0.605. The van der Waals surface area contributed by atoms with Crippen LogP contribution in [-0.2, 0) is 11.3 Å². The summed E-state index contributed by atoms with van der Waals surface area (Å²) in [6.45, 7) is 5.18. The van der Waals surface area contributed by atoms with Crippen molar-refractivity contribution in [3.05, 3.63) is 65.4 Å². The highest BCUT2D eigenvalue weighted by Crippen LogP contribution is 2.37. The van der Waals surface area contributed by atoms with Gasteiger partial charge in [0.05, 0.1) is 30.4 Å². The number of imidazole rings is 1. The van der Waals surface area contributed by atoms with Crippen LogP contribution in [-0.4, -0.2) is 29.1 Å². The normalized spacial score (nSPS) is 16.9. The van der Waals surface area contributed by atoms with Crippen LogP contribution in [0.15, 0.2) is 59.6 Å². The van der Waals surface area contributed by atoms with Crippen LogP contribution >= 0.6 is 15.9 Å². The van der Waals surface area contributed by atoms with E-state index in [1.807, 2.05) is 42.5 Å². The van der Waals surface area contributed by atoms with Gasteiger partial charge in [0.2, 0.25) is 5.91 Å². The third-order valence-electron chi connectivity index (χ3n) is 4.88. The molecule has 0 bridgehead atoms. The summed E-state index contributed by atoms with van der Waals surface area (Å²) in [4.78, 5) is 19.4. The fourth-order valence-electron chi connectivity index (χ4n) is 3.71. The van der Waals surface area contributed by atoms with E-state index in [-0.39, 0.29) is 11.8 Å². The van der Waals surface area contributed by atoms with E-state index < -0.39 is 0 Å². The highest BCUT2D eigenvalue weighted by Gasteiger charge is 2.35. The molecule has 3 aromatic rings. The maximum atomic E-state index is 12.8. The minimum Gasteiger partial charge on any atom is -0.495 e. The first-order chi connectivity index (χ1) is 13.1. The summed E-state index contributed by atoms with van der Waals surface area (Å²) >= 11 is 3.47. The fraction of sp³-hybridized carbons (Fsp3) is 0.238. The first-order valence-electron chi connectivity index (χ1n) is 8.80. The lowest BCUT2D eigenvalue weighted by Crippen LogP contribution is -2.25. The van der Waals surface area contributed by atoms with E-state index in [2.05, 4.69) is 33.1 Å². The molecule has 27 heavy (non-hydrogen) atoms. The zero-order chi connectivity index (χ0) is 19.0. The van der Waals surface area contributed by atoms with Gasteiger partial charge in [-0.05, 0) is 24.3 Å². The van der Waals surface area contributed by atoms with Crippen LogP contribution in [0.2, 0.25) is 0 Å². The van der Waals surface area contributed by atoms with Crippen LogP contribution < -0.4 is 9.64 Å². The molecule has 0 saturated carbocycles. The lowest BCUT2D eigenvalue weighted by atomic mass is 10.1. The summed E-state index contributed by atoms with van der Waals surface area (Å²) in [5.41, 5.74) is 2.79. The van der Waals surface area contributed by atoms with Crippen LogP contribution in [0, 0.1) is 0 Å². The number of allylic oxidation sites excluding steroid dienone is 1. The largest absolute Gasteiger partial charge is 0.495 e. The molecule has 1 aliphatic heterocycles. The number of nitrogens with zero attached hydrogens (tertiary/aromatic N) is 3. The lowest BCUT2D eigenvalue weighted by Gasteiger charge is -2.19. The monoisotopic (exact) mass is 425 g/mol. The zero-order valence-corrected chi connectivity index (χ0v) is 16.6. The van der Waals surface area contributed by atoms with Gasteiger partial charge in [-0.2, -0.15) is 0 Å². The van der Waals surface area contributed by atoms with Crippen molar-refractivity contribution in [2.75, 3.05) is 18.6 Å². The number of para-hydroxylation sites is 4. The van der Waals surface area contributed by atoms with Gasteiger partial charge in [0.15, 0.2) is 0 Å². The Kier molecular flexibility index (Phi) is 4.74. The smallest absolute Gasteiger partial charge is 0.227 e. The molecule has 0 aliphatic carbocycles. The molecule has 138 valence electrons. The molecule has 0 N–H and O–H groups in total. The molecule has 5 nitrogen and oxygen atoms in total. The number of halogens is 1. The van der Waals surface area contributed by atoms with Crippen LogP contribution in [0.5, 0.6) is 5.75 Å². The highest BCUT2D eigenvalue weighted by molar-refractivity contribution is 9.11. The minimum atomic E-state index is 0.0154. The number of carbonyl (C=O) groups excluding carboxylic acids is 1. The summed E-state index contributed by atoms with van der Waals surface area (Å²) in [6.07, 6.45) is 0.427. The second kappa shape index (κ2) is 7.19. The average molecular weight is 426 g/mol. The Morgan fingerprint density at radius 2 is 2.00 bits per heavy atom. The van der Waals surface area contributed by atoms with E-state index in [0.29, 0.717) is 25.3 Å². The molecule has 6 heteroatoms. The average Bonchev–Trinajstić information content (AvgIpc) is 3.22. The first kappa shape index (κ1) is 17.8. The standard InChI is InChI=1S/C21H20BrN3O2/c1-14(22)12-25-17-8-4-3-7-16(17)23-21(25)15-11-20(26)24(13-15)18-9-5-6-10-19(18)27-2/h3-10,15H,1,11-13H2,2H3/t15-/m0/s1. The van der Waals surface area contributed by atoms with E-state index in [0.717, 1.165) is 27.0 Å². The van der Waals surface area contributed by atoms with Crippen LogP contribution in [0.1, 0.15) is 18.2 Å². The molecular weight excluding hydrogens is 406 g/mol. The number of anilines is 1. The Morgan fingerprint density at radius 1 is 1.26 bits per heavy atom. The summed E-state index contributed by atoms with van der Waals surface area (Å²) in [6, 6.07) is 15.7. The molecular formula is C21H20BrN3O2. The predicted molar refractivity (Wildman–Crippen MR) is 111 cm³/mol. The van der Waals surface area contributed by atoms with Crippen molar-refractivity contribution in [3.8, 4) is 5.75 Å². The second-order valence-corrected chi connectivity index (χ2v) is 7.76. The Labute approximate surface area is 166 Å². The van der Waals surface area contributed by atoms with Crippen LogP contribution in [0.4, 0.5) is 5.69 Å². The van der Waals surface area contributed by atoms with Crippen molar-refractivity contribution >= 4 is 38.6 Å². The maximum absolute atomic E-state index is 12.8. The minimum absolute atomic E-state index is 0.0154. The summed E-state index contributed by atoms with van der Waals surface area (Å²) in [7, 11) is 1.62. The molecule has 1 aliphatic rings. The Balaban J connectivity index is 1.73. The number of carbonyl (C=O) groups is 1. The molecule has 2 aromatic carbocycles. The molecule has 0 unspecified atom stereocenters. The Hall–Kier alpha value is -2.60. The van der Waals surface area contributed by atoms with Gasteiger partial charge in [0.25, 0.3) is 0 Å². The lowest BCUT2D eigenvalue weighted by molar-refractivity contribution is -0.117. The highest BCUT2D eigenvalue weighted by atomic mass is 79.9. The summed E-state index contributed by atoms with van der Waals surface area (Å²) < 4.78 is 8.46. The zero-order valence-electron chi connectivity index (χ0n) is 15.1. The number of fused-ring (bicyclic) bond motifs is 1. The molecule has 0 spiro atoms. The molecule has 4 rings (SSSR count).